The maximum atomic E-state index is 13.8. The van der Waals surface area contributed by atoms with Crippen LogP contribution in [0.2, 0.25) is 0 Å². The highest BCUT2D eigenvalue weighted by molar-refractivity contribution is 5.97. The Hall–Kier alpha value is -3.61. The Morgan fingerprint density at radius 2 is 1.81 bits per heavy atom. The summed E-state index contributed by atoms with van der Waals surface area (Å²) in [5, 5.41) is 33.5. The SMILES string of the molecule is CCCCCCN(C(=O)c1ccc(C(F)(F)F)cc1)[C@@H]1C=C(C(=O)NCCO)[C@@H]2c3cc(CO)cc(OC)c3O[C@@H]2[C@H]1O. The van der Waals surface area contributed by atoms with Crippen LogP contribution in [0.25, 0.3) is 0 Å². The van der Waals surface area contributed by atoms with E-state index in [0.717, 1.165) is 43.5 Å². The van der Waals surface area contributed by atoms with E-state index in [1.54, 1.807) is 12.1 Å². The van der Waals surface area contributed by atoms with Gasteiger partial charge in [-0.2, -0.15) is 13.2 Å². The van der Waals surface area contributed by atoms with Crippen LogP contribution in [0.1, 0.15) is 65.6 Å². The number of unbranched alkanes of at least 4 members (excludes halogenated alkanes) is 3. The Labute approximate surface area is 247 Å². The summed E-state index contributed by atoms with van der Waals surface area (Å²) < 4.78 is 51.2. The van der Waals surface area contributed by atoms with Crippen molar-refractivity contribution in [3.05, 3.63) is 70.3 Å². The lowest BCUT2D eigenvalue weighted by Crippen LogP contribution is -2.56. The molecule has 0 unspecified atom stereocenters. The van der Waals surface area contributed by atoms with Gasteiger partial charge in [0.05, 0.1) is 37.8 Å². The summed E-state index contributed by atoms with van der Waals surface area (Å²) in [7, 11) is 1.42. The maximum absolute atomic E-state index is 13.8. The third-order valence-electron chi connectivity index (χ3n) is 7.83. The minimum Gasteiger partial charge on any atom is -0.493 e. The van der Waals surface area contributed by atoms with Crippen LogP contribution < -0.4 is 14.8 Å². The molecule has 1 heterocycles. The summed E-state index contributed by atoms with van der Waals surface area (Å²) >= 11 is 0. The second-order valence-electron chi connectivity index (χ2n) is 10.7. The van der Waals surface area contributed by atoms with E-state index >= 15 is 0 Å². The molecule has 2 aromatic carbocycles. The average Bonchev–Trinajstić information content (AvgIpc) is 3.39. The molecule has 9 nitrogen and oxygen atoms in total. The van der Waals surface area contributed by atoms with Gasteiger partial charge in [-0.15, -0.1) is 0 Å². The molecule has 4 N–H and O–H groups in total. The van der Waals surface area contributed by atoms with Crippen molar-refractivity contribution in [1.29, 1.82) is 0 Å². The topological polar surface area (TPSA) is 129 Å². The Morgan fingerprint density at radius 1 is 1.09 bits per heavy atom. The third kappa shape index (κ3) is 6.81. The van der Waals surface area contributed by atoms with Crippen molar-refractivity contribution in [1.82, 2.24) is 10.2 Å². The van der Waals surface area contributed by atoms with Crippen LogP contribution in [0.4, 0.5) is 13.2 Å². The first-order chi connectivity index (χ1) is 20.5. The van der Waals surface area contributed by atoms with Crippen LogP contribution in [0, 0.1) is 0 Å². The fourth-order valence-electron chi connectivity index (χ4n) is 5.68. The van der Waals surface area contributed by atoms with E-state index in [1.807, 2.05) is 6.92 Å². The molecule has 234 valence electrons. The molecule has 43 heavy (non-hydrogen) atoms. The molecule has 0 fully saturated rings. The molecule has 0 saturated heterocycles. The van der Waals surface area contributed by atoms with Crippen LogP contribution in [0.5, 0.6) is 11.5 Å². The minimum atomic E-state index is -4.57. The van der Waals surface area contributed by atoms with Crippen molar-refractivity contribution in [3.63, 3.8) is 0 Å². The molecule has 0 bridgehead atoms. The van der Waals surface area contributed by atoms with Gasteiger partial charge in [-0.1, -0.05) is 26.2 Å². The number of amides is 2. The first-order valence-electron chi connectivity index (χ1n) is 14.3. The molecule has 4 rings (SSSR count). The van der Waals surface area contributed by atoms with Gasteiger partial charge >= 0.3 is 6.18 Å². The van der Waals surface area contributed by atoms with E-state index in [1.165, 1.54) is 18.1 Å². The first kappa shape index (κ1) is 32.3. The summed E-state index contributed by atoms with van der Waals surface area (Å²) in [6.07, 6.45) is -2.26. The predicted octanol–water partition coefficient (Wildman–Crippen LogP) is 3.55. The molecule has 12 heteroatoms. The highest BCUT2D eigenvalue weighted by Crippen LogP contribution is 2.51. The van der Waals surface area contributed by atoms with E-state index in [-0.39, 0.29) is 37.4 Å². The predicted molar refractivity (Wildman–Crippen MR) is 151 cm³/mol. The van der Waals surface area contributed by atoms with Crippen molar-refractivity contribution < 1.29 is 47.6 Å². The first-order valence-corrected chi connectivity index (χ1v) is 14.3. The number of benzene rings is 2. The number of ether oxygens (including phenoxy) is 2. The number of nitrogens with one attached hydrogen (secondary N) is 1. The van der Waals surface area contributed by atoms with E-state index in [4.69, 9.17) is 9.47 Å². The van der Waals surface area contributed by atoms with E-state index in [0.29, 0.717) is 29.0 Å². The minimum absolute atomic E-state index is 0.00220. The monoisotopic (exact) mass is 606 g/mol. The number of methoxy groups -OCH3 is 1. The van der Waals surface area contributed by atoms with E-state index in [2.05, 4.69) is 5.32 Å². The normalized spacial score (nSPS) is 20.9. The molecule has 0 aromatic heterocycles. The Kier molecular flexibility index (Phi) is 10.4. The van der Waals surface area contributed by atoms with Crippen LogP contribution in [0.3, 0.4) is 0 Å². The fourth-order valence-corrected chi connectivity index (χ4v) is 5.68. The smallest absolute Gasteiger partial charge is 0.416 e. The molecule has 1 aliphatic carbocycles. The number of fused-ring (bicyclic) bond motifs is 3. The summed E-state index contributed by atoms with van der Waals surface area (Å²) in [4.78, 5) is 28.7. The number of halogens is 3. The number of aliphatic hydroxyl groups is 3. The molecule has 4 atom stereocenters. The molecular formula is C31H37F3N2O7. The molecular weight excluding hydrogens is 569 g/mol. The zero-order valence-corrected chi connectivity index (χ0v) is 24.1. The quantitative estimate of drug-likeness (QED) is 0.272. The number of nitrogens with zero attached hydrogens (tertiary/aromatic N) is 1. The van der Waals surface area contributed by atoms with Crippen LogP contribution in [-0.4, -0.2) is 77.1 Å². The zero-order chi connectivity index (χ0) is 31.3. The van der Waals surface area contributed by atoms with Crippen molar-refractivity contribution in [3.8, 4) is 11.5 Å². The van der Waals surface area contributed by atoms with Gasteiger partial charge in [0, 0.05) is 29.8 Å². The molecule has 2 aromatic rings. The van der Waals surface area contributed by atoms with Crippen LogP contribution >= 0.6 is 0 Å². The summed E-state index contributed by atoms with van der Waals surface area (Å²) in [6.45, 7) is 1.53. The fraction of sp³-hybridized carbons (Fsp3) is 0.484. The number of carbonyl (C=O) groups is 2. The summed E-state index contributed by atoms with van der Waals surface area (Å²) in [6, 6.07) is 6.06. The van der Waals surface area contributed by atoms with Crippen molar-refractivity contribution in [2.24, 2.45) is 0 Å². The zero-order valence-electron chi connectivity index (χ0n) is 24.1. The Bertz CT molecular complexity index is 1330. The Balaban J connectivity index is 1.78. The van der Waals surface area contributed by atoms with Gasteiger partial charge < -0.3 is 35.0 Å². The molecule has 2 aliphatic rings. The lowest BCUT2D eigenvalue weighted by molar-refractivity contribution is -0.137. The van der Waals surface area contributed by atoms with Gasteiger partial charge in [-0.05, 0) is 54.5 Å². The second-order valence-corrected chi connectivity index (χ2v) is 10.7. The van der Waals surface area contributed by atoms with Gasteiger partial charge in [0.2, 0.25) is 5.91 Å². The number of alkyl halides is 3. The number of aliphatic hydroxyl groups excluding tert-OH is 3. The third-order valence-corrected chi connectivity index (χ3v) is 7.83. The van der Waals surface area contributed by atoms with E-state index in [9.17, 15) is 38.1 Å². The highest BCUT2D eigenvalue weighted by Gasteiger charge is 2.51. The summed E-state index contributed by atoms with van der Waals surface area (Å²) in [5.74, 6) is -1.34. The Morgan fingerprint density at radius 3 is 2.42 bits per heavy atom. The maximum Gasteiger partial charge on any atom is 0.416 e. The van der Waals surface area contributed by atoms with Gasteiger partial charge in [-0.3, -0.25) is 9.59 Å². The van der Waals surface area contributed by atoms with Crippen LogP contribution in [0.15, 0.2) is 48.0 Å². The molecule has 1 aliphatic heterocycles. The van der Waals surface area contributed by atoms with Gasteiger partial charge in [0.1, 0.15) is 12.2 Å². The van der Waals surface area contributed by atoms with E-state index < -0.39 is 47.7 Å². The largest absolute Gasteiger partial charge is 0.493 e. The van der Waals surface area contributed by atoms with Crippen LogP contribution in [-0.2, 0) is 17.6 Å². The molecule has 0 saturated carbocycles. The van der Waals surface area contributed by atoms with Gasteiger partial charge in [-0.25, -0.2) is 0 Å². The number of hydrogen-bond acceptors (Lipinski definition) is 7. The molecule has 2 amide bonds. The molecule has 0 spiro atoms. The van der Waals surface area contributed by atoms with Crippen molar-refractivity contribution in [2.45, 2.75) is 69.6 Å². The number of rotatable bonds is 12. The number of carbonyl (C=O) groups excluding carboxylic acids is 2. The van der Waals surface area contributed by atoms with Gasteiger partial charge in [0.15, 0.2) is 11.5 Å². The highest BCUT2D eigenvalue weighted by atomic mass is 19.4. The molecule has 0 radical (unpaired) electrons. The average molecular weight is 607 g/mol. The lowest BCUT2D eigenvalue weighted by atomic mass is 9.77. The van der Waals surface area contributed by atoms with Crippen molar-refractivity contribution >= 4 is 11.8 Å². The second kappa shape index (κ2) is 13.8. The lowest BCUT2D eigenvalue weighted by Gasteiger charge is -2.40. The number of hydrogen-bond donors (Lipinski definition) is 4. The van der Waals surface area contributed by atoms with Crippen molar-refractivity contribution in [2.75, 3.05) is 26.8 Å². The summed E-state index contributed by atoms with van der Waals surface area (Å²) in [5.41, 5.74) is 0.308. The standard InChI is InChI=1S/C31H37F3N2O7/c1-3-4-5-6-12-36(30(41)19-7-9-20(10-8-19)31(32,33)34)23-16-22(29(40)35-11-13-37)25-21-14-18(17-38)15-24(42-2)27(21)43-28(25)26(23)39/h7-10,14-16,23,25-26,28,37-39H,3-6,11-13,17H2,1-2H3,(H,35,40)/t23-,25+,26+,28+/m1/s1. The van der Waals surface area contributed by atoms with Gasteiger partial charge in [0.25, 0.3) is 5.91 Å².